The van der Waals surface area contributed by atoms with Crippen molar-refractivity contribution in [2.24, 2.45) is 46.8 Å². The SMILES string of the molecule is CC12CCC3C4CCC(C#CCCO)CC4CCC3C1CCC2C(=O)Cn1ccnn1. The molecule has 4 saturated carbocycles. The summed E-state index contributed by atoms with van der Waals surface area (Å²) in [6, 6.07) is 0. The molecule has 1 heterocycles. The smallest absolute Gasteiger partial charge is 0.157 e. The lowest BCUT2D eigenvalue weighted by molar-refractivity contribution is -0.131. The molecule has 1 aromatic rings. The van der Waals surface area contributed by atoms with Crippen LogP contribution >= 0.6 is 0 Å². The van der Waals surface area contributed by atoms with Crippen molar-refractivity contribution in [1.82, 2.24) is 15.0 Å². The fraction of sp³-hybridized carbons (Fsp3) is 0.808. The number of Topliss-reactive ketones (excluding diaryl/α,β-unsaturated/α-hetero) is 1. The average Bonchev–Trinajstić information content (AvgIpc) is 3.40. The van der Waals surface area contributed by atoms with E-state index >= 15 is 0 Å². The summed E-state index contributed by atoms with van der Waals surface area (Å²) < 4.78 is 1.69. The van der Waals surface area contributed by atoms with Crippen molar-refractivity contribution in [3.63, 3.8) is 0 Å². The third-order valence-corrected chi connectivity index (χ3v) is 9.68. The maximum atomic E-state index is 13.2. The standard InChI is InChI=1S/C26H37N3O2/c1-26-12-11-21-20-7-5-18(4-2-3-15-30)16-19(20)6-8-22(21)23(26)9-10-24(26)25(31)17-29-14-13-27-28-29/h13-14,18-24,30H,3,5-12,15-17H2,1H3. The number of rotatable bonds is 4. The van der Waals surface area contributed by atoms with Crippen LogP contribution in [0.4, 0.5) is 0 Å². The first-order valence-electron chi connectivity index (χ1n) is 12.6. The van der Waals surface area contributed by atoms with E-state index in [2.05, 4.69) is 29.1 Å². The van der Waals surface area contributed by atoms with Crippen LogP contribution in [0.3, 0.4) is 0 Å². The number of carbonyl (C=O) groups excluding carboxylic acids is 1. The molecule has 5 nitrogen and oxygen atoms in total. The normalized spacial score (nSPS) is 41.4. The molecule has 0 aromatic carbocycles. The second kappa shape index (κ2) is 8.70. The van der Waals surface area contributed by atoms with Crippen molar-refractivity contribution in [3.05, 3.63) is 12.4 Å². The summed E-state index contributed by atoms with van der Waals surface area (Å²) in [5, 5.41) is 16.9. The minimum atomic E-state index is 0.179. The van der Waals surface area contributed by atoms with E-state index in [1.807, 2.05) is 0 Å². The molecule has 0 radical (unpaired) electrons. The van der Waals surface area contributed by atoms with Gasteiger partial charge in [0.1, 0.15) is 6.54 Å². The Bertz CT molecular complexity index is 841. The third kappa shape index (κ3) is 3.86. The van der Waals surface area contributed by atoms with E-state index in [1.165, 1.54) is 51.4 Å². The van der Waals surface area contributed by atoms with Crippen LogP contribution in [0.5, 0.6) is 0 Å². The summed E-state index contributed by atoms with van der Waals surface area (Å²) in [6.07, 6.45) is 15.5. The molecule has 0 amide bonds. The van der Waals surface area contributed by atoms with Crippen LogP contribution in [-0.4, -0.2) is 32.5 Å². The summed E-state index contributed by atoms with van der Waals surface area (Å²) in [7, 11) is 0. The number of aromatic nitrogens is 3. The van der Waals surface area contributed by atoms with Gasteiger partial charge < -0.3 is 5.11 Å². The summed E-state index contributed by atoms with van der Waals surface area (Å²) in [6.45, 7) is 2.99. The van der Waals surface area contributed by atoms with Crippen molar-refractivity contribution >= 4 is 5.78 Å². The van der Waals surface area contributed by atoms with Gasteiger partial charge in [0.25, 0.3) is 0 Å². The highest BCUT2D eigenvalue weighted by atomic mass is 16.2. The highest BCUT2D eigenvalue weighted by Gasteiger charge is 2.58. The molecule has 5 rings (SSSR count). The van der Waals surface area contributed by atoms with Crippen LogP contribution in [0.1, 0.15) is 71.1 Å². The number of fused-ring (bicyclic) bond motifs is 5. The summed E-state index contributed by atoms with van der Waals surface area (Å²) >= 11 is 0. The quantitative estimate of drug-likeness (QED) is 0.740. The van der Waals surface area contributed by atoms with E-state index in [4.69, 9.17) is 5.11 Å². The summed E-state index contributed by atoms with van der Waals surface area (Å²) in [5.41, 5.74) is 0.179. The lowest BCUT2D eigenvalue weighted by atomic mass is 9.49. The number of hydrogen-bond acceptors (Lipinski definition) is 4. The highest BCUT2D eigenvalue weighted by molar-refractivity contribution is 5.82. The van der Waals surface area contributed by atoms with Crippen molar-refractivity contribution in [2.45, 2.75) is 77.7 Å². The Kier molecular flexibility index (Phi) is 5.94. The largest absolute Gasteiger partial charge is 0.395 e. The van der Waals surface area contributed by atoms with Gasteiger partial charge in [0.05, 0.1) is 12.8 Å². The zero-order valence-electron chi connectivity index (χ0n) is 18.9. The predicted octanol–water partition coefficient (Wildman–Crippen LogP) is 4.12. The van der Waals surface area contributed by atoms with Crippen LogP contribution in [0, 0.1) is 58.7 Å². The molecule has 0 aliphatic heterocycles. The first kappa shape index (κ1) is 21.2. The molecule has 1 N–H and O–H groups in total. The van der Waals surface area contributed by atoms with Crippen molar-refractivity contribution < 1.29 is 9.90 Å². The Labute approximate surface area is 186 Å². The number of hydrogen-bond donors (Lipinski definition) is 1. The number of aliphatic hydroxyl groups excluding tert-OH is 1. The summed E-state index contributed by atoms with van der Waals surface area (Å²) in [4.78, 5) is 13.2. The fourth-order valence-corrected chi connectivity index (χ4v) is 8.37. The number of carbonyl (C=O) groups is 1. The average molecular weight is 424 g/mol. The molecular formula is C26H37N3O2. The molecule has 0 spiro atoms. The van der Waals surface area contributed by atoms with Crippen molar-refractivity contribution in [3.8, 4) is 11.8 Å². The maximum absolute atomic E-state index is 13.2. The molecule has 1 aromatic heterocycles. The topological polar surface area (TPSA) is 68.0 Å². The first-order valence-corrected chi connectivity index (χ1v) is 12.6. The van der Waals surface area contributed by atoms with Gasteiger partial charge in [-0.3, -0.25) is 4.79 Å². The van der Waals surface area contributed by atoms with Crippen molar-refractivity contribution in [2.75, 3.05) is 6.61 Å². The Morgan fingerprint density at radius 1 is 1.13 bits per heavy atom. The molecule has 0 saturated heterocycles. The molecule has 4 aliphatic rings. The van der Waals surface area contributed by atoms with Gasteiger partial charge in [0, 0.05) is 24.5 Å². The number of aliphatic hydroxyl groups is 1. The van der Waals surface area contributed by atoms with E-state index < -0.39 is 0 Å². The molecule has 0 bridgehead atoms. The van der Waals surface area contributed by atoms with Gasteiger partial charge in [-0.05, 0) is 92.8 Å². The number of nitrogens with zero attached hydrogens (tertiary/aromatic N) is 3. The van der Waals surface area contributed by atoms with Gasteiger partial charge in [0.2, 0.25) is 0 Å². The van der Waals surface area contributed by atoms with Crippen LogP contribution in [0.2, 0.25) is 0 Å². The second-order valence-corrected chi connectivity index (χ2v) is 11.0. The maximum Gasteiger partial charge on any atom is 0.157 e. The predicted molar refractivity (Wildman–Crippen MR) is 119 cm³/mol. The van der Waals surface area contributed by atoms with Crippen LogP contribution in [0.25, 0.3) is 0 Å². The van der Waals surface area contributed by atoms with E-state index in [1.54, 1.807) is 17.1 Å². The third-order valence-electron chi connectivity index (χ3n) is 9.68. The molecule has 31 heavy (non-hydrogen) atoms. The monoisotopic (exact) mass is 423 g/mol. The van der Waals surface area contributed by atoms with Gasteiger partial charge in [-0.1, -0.05) is 18.1 Å². The van der Waals surface area contributed by atoms with E-state index in [9.17, 15) is 4.79 Å². The van der Waals surface area contributed by atoms with Gasteiger partial charge in [0.15, 0.2) is 5.78 Å². The molecule has 4 fully saturated rings. The Morgan fingerprint density at radius 3 is 2.81 bits per heavy atom. The molecule has 8 atom stereocenters. The van der Waals surface area contributed by atoms with Crippen LogP contribution in [-0.2, 0) is 11.3 Å². The number of ketones is 1. The molecule has 8 unspecified atom stereocenters. The molecule has 5 heteroatoms. The molecular weight excluding hydrogens is 386 g/mol. The van der Waals surface area contributed by atoms with Gasteiger partial charge >= 0.3 is 0 Å². The molecule has 168 valence electrons. The van der Waals surface area contributed by atoms with Crippen LogP contribution in [0.15, 0.2) is 12.4 Å². The lowest BCUT2D eigenvalue weighted by Crippen LogP contribution is -2.49. The van der Waals surface area contributed by atoms with Crippen molar-refractivity contribution in [1.29, 1.82) is 0 Å². The Hall–Kier alpha value is -1.67. The minimum absolute atomic E-state index is 0.179. The Balaban J connectivity index is 1.26. The van der Waals surface area contributed by atoms with Gasteiger partial charge in [-0.25, -0.2) is 4.68 Å². The lowest BCUT2D eigenvalue weighted by Gasteiger charge is -2.56. The minimum Gasteiger partial charge on any atom is -0.395 e. The van der Waals surface area contributed by atoms with Crippen LogP contribution < -0.4 is 0 Å². The first-order chi connectivity index (χ1) is 15.1. The zero-order chi connectivity index (χ0) is 21.4. The molecule has 4 aliphatic carbocycles. The fourth-order valence-electron chi connectivity index (χ4n) is 8.37. The van der Waals surface area contributed by atoms with E-state index in [-0.39, 0.29) is 17.9 Å². The second-order valence-electron chi connectivity index (χ2n) is 11.0. The summed E-state index contributed by atoms with van der Waals surface area (Å²) in [5.74, 6) is 11.9. The van der Waals surface area contributed by atoms with Gasteiger partial charge in [-0.15, -0.1) is 11.0 Å². The van der Waals surface area contributed by atoms with Gasteiger partial charge in [-0.2, -0.15) is 0 Å². The van der Waals surface area contributed by atoms with E-state index in [0.29, 0.717) is 24.7 Å². The van der Waals surface area contributed by atoms with E-state index in [0.717, 1.165) is 36.0 Å². The zero-order valence-corrected chi connectivity index (χ0v) is 18.9. The Morgan fingerprint density at radius 2 is 2.00 bits per heavy atom. The highest BCUT2D eigenvalue weighted by Crippen LogP contribution is 2.64.